The van der Waals surface area contributed by atoms with Gasteiger partial charge in [0.15, 0.2) is 0 Å². The number of nitrogens with zero attached hydrogens (tertiary/aromatic N) is 1. The molecule has 0 bridgehead atoms. The van der Waals surface area contributed by atoms with Gasteiger partial charge in [0.1, 0.15) is 11.6 Å². The minimum absolute atomic E-state index is 0.188. The number of ether oxygens (including phenoxy) is 1. The Bertz CT molecular complexity index is 557. The Kier molecular flexibility index (Phi) is 5.29. The maximum Gasteiger partial charge on any atom is 0.355 e. The molecule has 0 aromatic carbocycles. The molecule has 1 aromatic heterocycles. The molecule has 0 spiro atoms. The molecule has 0 aliphatic carbocycles. The van der Waals surface area contributed by atoms with E-state index >= 15 is 0 Å². The molecule has 1 amide bonds. The fourth-order valence-electron chi connectivity index (χ4n) is 2.00. The molecule has 1 aromatic rings. The van der Waals surface area contributed by atoms with Crippen molar-refractivity contribution in [1.29, 1.82) is 5.26 Å². The van der Waals surface area contributed by atoms with Crippen molar-refractivity contribution < 1.29 is 14.3 Å². The molecule has 7 nitrogen and oxygen atoms in total. The third kappa shape index (κ3) is 3.16. The zero-order valence-electron chi connectivity index (χ0n) is 11.7. The van der Waals surface area contributed by atoms with Gasteiger partial charge in [0.2, 0.25) is 0 Å². The molecule has 0 radical (unpaired) electrons. The standard InChI is InChI=1S/C13H18N4O3/c1-4-20-13(19)11-7(2)10(8(3)16-11)5-9(6-14)12(18)17-15/h9,16H,4-5,15H2,1-3H3,(H,17,18). The summed E-state index contributed by atoms with van der Waals surface area (Å²) in [6, 6.07) is 1.90. The SMILES string of the molecule is CCOC(=O)c1[nH]c(C)c(CC(C#N)C(=O)NN)c1C. The molecule has 0 saturated carbocycles. The molecule has 1 rings (SSSR count). The molecule has 108 valence electrons. The molecular weight excluding hydrogens is 260 g/mol. The first-order valence-corrected chi connectivity index (χ1v) is 6.21. The van der Waals surface area contributed by atoms with Crippen molar-refractivity contribution in [1.82, 2.24) is 10.4 Å². The first-order chi connectivity index (χ1) is 9.46. The van der Waals surface area contributed by atoms with Crippen molar-refractivity contribution >= 4 is 11.9 Å². The number of hydrogen-bond acceptors (Lipinski definition) is 5. The number of aromatic amines is 1. The van der Waals surface area contributed by atoms with Crippen LogP contribution in [0.1, 0.15) is 34.2 Å². The highest BCUT2D eigenvalue weighted by atomic mass is 16.5. The predicted molar refractivity (Wildman–Crippen MR) is 71.4 cm³/mol. The first-order valence-electron chi connectivity index (χ1n) is 6.21. The van der Waals surface area contributed by atoms with Gasteiger partial charge < -0.3 is 9.72 Å². The summed E-state index contributed by atoms with van der Waals surface area (Å²) in [4.78, 5) is 26.1. The third-order valence-corrected chi connectivity index (χ3v) is 3.10. The molecule has 1 atom stereocenters. The van der Waals surface area contributed by atoms with Gasteiger partial charge in [-0.25, -0.2) is 10.6 Å². The smallest absolute Gasteiger partial charge is 0.355 e. The Balaban J connectivity index is 3.06. The lowest BCUT2D eigenvalue weighted by atomic mass is 9.97. The number of hydrazine groups is 1. The molecule has 7 heteroatoms. The highest BCUT2D eigenvalue weighted by Gasteiger charge is 2.24. The van der Waals surface area contributed by atoms with Crippen LogP contribution in [-0.4, -0.2) is 23.5 Å². The first kappa shape index (κ1) is 15.7. The van der Waals surface area contributed by atoms with E-state index in [1.54, 1.807) is 20.8 Å². The fourth-order valence-corrected chi connectivity index (χ4v) is 2.00. The van der Waals surface area contributed by atoms with E-state index < -0.39 is 17.8 Å². The van der Waals surface area contributed by atoms with Gasteiger partial charge >= 0.3 is 5.97 Å². The number of aromatic nitrogens is 1. The summed E-state index contributed by atoms with van der Waals surface area (Å²) >= 11 is 0. The van der Waals surface area contributed by atoms with E-state index in [1.165, 1.54) is 0 Å². The average molecular weight is 278 g/mol. The van der Waals surface area contributed by atoms with E-state index in [9.17, 15) is 9.59 Å². The number of nitriles is 1. The van der Waals surface area contributed by atoms with E-state index in [-0.39, 0.29) is 13.0 Å². The predicted octanol–water partition coefficient (Wildman–Crippen LogP) is 0.480. The maximum absolute atomic E-state index is 11.8. The lowest BCUT2D eigenvalue weighted by Gasteiger charge is -2.08. The number of carbonyl (C=O) groups is 2. The van der Waals surface area contributed by atoms with Gasteiger partial charge in [0.25, 0.3) is 5.91 Å². The number of hydrogen-bond donors (Lipinski definition) is 3. The number of nitrogens with one attached hydrogen (secondary N) is 2. The van der Waals surface area contributed by atoms with Crippen LogP contribution >= 0.6 is 0 Å². The van der Waals surface area contributed by atoms with Gasteiger partial charge in [-0.05, 0) is 38.3 Å². The summed E-state index contributed by atoms with van der Waals surface area (Å²) in [5.74, 6) is 3.14. The van der Waals surface area contributed by atoms with Crippen molar-refractivity contribution in [3.63, 3.8) is 0 Å². The van der Waals surface area contributed by atoms with Crippen molar-refractivity contribution in [2.45, 2.75) is 27.2 Å². The molecule has 0 saturated heterocycles. The summed E-state index contributed by atoms with van der Waals surface area (Å²) < 4.78 is 4.94. The van der Waals surface area contributed by atoms with Crippen molar-refractivity contribution in [3.05, 3.63) is 22.5 Å². The Hall–Kier alpha value is -2.33. The minimum Gasteiger partial charge on any atom is -0.461 e. The zero-order valence-corrected chi connectivity index (χ0v) is 11.7. The number of H-pyrrole nitrogens is 1. The summed E-state index contributed by atoms with van der Waals surface area (Å²) in [7, 11) is 0. The van der Waals surface area contributed by atoms with Crippen LogP contribution in [0.2, 0.25) is 0 Å². The molecule has 4 N–H and O–H groups in total. The van der Waals surface area contributed by atoms with Crippen LogP contribution in [0.4, 0.5) is 0 Å². The highest BCUT2D eigenvalue weighted by Crippen LogP contribution is 2.22. The lowest BCUT2D eigenvalue weighted by molar-refractivity contribution is -0.123. The Morgan fingerprint density at radius 1 is 1.50 bits per heavy atom. The Labute approximate surface area is 117 Å². The maximum atomic E-state index is 11.8. The van der Waals surface area contributed by atoms with E-state index in [4.69, 9.17) is 15.8 Å². The van der Waals surface area contributed by atoms with Gasteiger partial charge in [0.05, 0.1) is 12.7 Å². The molecule has 1 unspecified atom stereocenters. The normalized spacial score (nSPS) is 11.6. The van der Waals surface area contributed by atoms with Crippen LogP contribution in [0.25, 0.3) is 0 Å². The monoisotopic (exact) mass is 278 g/mol. The lowest BCUT2D eigenvalue weighted by Crippen LogP contribution is -2.36. The number of amides is 1. The molecule has 1 heterocycles. The fraction of sp³-hybridized carbons (Fsp3) is 0.462. The Morgan fingerprint density at radius 2 is 2.15 bits per heavy atom. The average Bonchev–Trinajstić information content (AvgIpc) is 2.71. The second-order valence-corrected chi connectivity index (χ2v) is 4.34. The molecular formula is C13H18N4O3. The van der Waals surface area contributed by atoms with Crippen LogP contribution in [0.3, 0.4) is 0 Å². The van der Waals surface area contributed by atoms with E-state index in [1.807, 2.05) is 11.5 Å². The second kappa shape index (κ2) is 6.73. The van der Waals surface area contributed by atoms with E-state index in [2.05, 4.69) is 4.98 Å². The quantitative estimate of drug-likeness (QED) is 0.313. The van der Waals surface area contributed by atoms with Crippen LogP contribution in [0.5, 0.6) is 0 Å². The van der Waals surface area contributed by atoms with Crippen molar-refractivity contribution in [2.24, 2.45) is 11.8 Å². The van der Waals surface area contributed by atoms with Crippen LogP contribution in [-0.2, 0) is 16.0 Å². The number of esters is 1. The molecule has 0 aliphatic rings. The second-order valence-electron chi connectivity index (χ2n) is 4.34. The number of nitrogens with two attached hydrogens (primary N) is 1. The van der Waals surface area contributed by atoms with Crippen LogP contribution < -0.4 is 11.3 Å². The summed E-state index contributed by atoms with van der Waals surface area (Å²) in [5.41, 5.74) is 4.48. The number of carbonyl (C=O) groups excluding carboxylic acids is 2. The summed E-state index contributed by atoms with van der Waals surface area (Å²) in [6.45, 7) is 5.53. The molecule has 0 aliphatic heterocycles. The van der Waals surface area contributed by atoms with Gasteiger partial charge in [-0.15, -0.1) is 0 Å². The van der Waals surface area contributed by atoms with Crippen molar-refractivity contribution in [2.75, 3.05) is 6.61 Å². The zero-order chi connectivity index (χ0) is 15.3. The number of aryl methyl sites for hydroxylation is 1. The third-order valence-electron chi connectivity index (χ3n) is 3.10. The van der Waals surface area contributed by atoms with Crippen LogP contribution in [0, 0.1) is 31.1 Å². The van der Waals surface area contributed by atoms with Gasteiger partial charge in [-0.2, -0.15) is 5.26 Å². The molecule has 0 fully saturated rings. The largest absolute Gasteiger partial charge is 0.461 e. The number of rotatable bonds is 5. The Morgan fingerprint density at radius 3 is 2.65 bits per heavy atom. The van der Waals surface area contributed by atoms with E-state index in [0.717, 1.165) is 11.3 Å². The van der Waals surface area contributed by atoms with Gasteiger partial charge in [-0.3, -0.25) is 10.2 Å². The van der Waals surface area contributed by atoms with Gasteiger partial charge in [0, 0.05) is 5.69 Å². The van der Waals surface area contributed by atoms with E-state index in [0.29, 0.717) is 11.3 Å². The summed E-state index contributed by atoms with van der Waals surface area (Å²) in [5, 5.41) is 9.00. The minimum atomic E-state index is -0.900. The van der Waals surface area contributed by atoms with Crippen molar-refractivity contribution in [3.8, 4) is 6.07 Å². The highest BCUT2D eigenvalue weighted by molar-refractivity contribution is 5.90. The summed E-state index contributed by atoms with van der Waals surface area (Å²) in [6.07, 6.45) is 0.188. The van der Waals surface area contributed by atoms with Gasteiger partial charge in [-0.1, -0.05) is 0 Å². The van der Waals surface area contributed by atoms with Crippen LogP contribution in [0.15, 0.2) is 0 Å². The molecule has 20 heavy (non-hydrogen) atoms. The topological polar surface area (TPSA) is 121 Å².